The molecule has 96 valence electrons. The van der Waals surface area contributed by atoms with Gasteiger partial charge in [-0.05, 0) is 27.7 Å². The van der Waals surface area contributed by atoms with Crippen molar-refractivity contribution in [3.05, 3.63) is 0 Å². The quantitative estimate of drug-likeness (QED) is 0.780. The van der Waals surface area contributed by atoms with Crippen molar-refractivity contribution in [3.63, 3.8) is 0 Å². The Morgan fingerprint density at radius 2 is 1.94 bits per heavy atom. The molecule has 0 atom stereocenters. The van der Waals surface area contributed by atoms with Gasteiger partial charge in [0.05, 0.1) is 0 Å². The largest absolute Gasteiger partial charge is 0.314 e. The molecular formula is C10H23N3O2S. The minimum Gasteiger partial charge on any atom is -0.314 e. The van der Waals surface area contributed by atoms with Crippen molar-refractivity contribution in [2.45, 2.75) is 39.3 Å². The molecule has 1 N–H and O–H groups in total. The summed E-state index contributed by atoms with van der Waals surface area (Å²) in [5.41, 5.74) is -0.361. The predicted octanol–water partition coefficient (Wildman–Crippen LogP) is 0.255. The van der Waals surface area contributed by atoms with E-state index in [1.165, 1.54) is 4.31 Å². The second-order valence-corrected chi connectivity index (χ2v) is 7.09. The lowest BCUT2D eigenvalue weighted by Crippen LogP contribution is -2.62. The van der Waals surface area contributed by atoms with E-state index in [4.69, 9.17) is 0 Å². The van der Waals surface area contributed by atoms with Crippen LogP contribution in [0.1, 0.15) is 27.7 Å². The summed E-state index contributed by atoms with van der Waals surface area (Å²) >= 11 is 0. The molecule has 0 bridgehead atoms. The van der Waals surface area contributed by atoms with Crippen molar-refractivity contribution in [1.82, 2.24) is 13.9 Å². The number of nitrogens with zero attached hydrogens (tertiary/aromatic N) is 2. The lowest BCUT2D eigenvalue weighted by atomic mass is 10.0. The molecule has 1 saturated heterocycles. The van der Waals surface area contributed by atoms with Gasteiger partial charge in [0, 0.05) is 38.3 Å². The standard InChI is InChI=1S/C10H23N3O2S/c1-9(2)12(5)16(14,15)13-7-6-11-8-10(13,3)4/h9,11H,6-8H2,1-5H3. The van der Waals surface area contributed by atoms with Crippen LogP contribution in [0.5, 0.6) is 0 Å². The third-order valence-corrected chi connectivity index (χ3v) is 5.48. The molecule has 0 unspecified atom stereocenters. The molecule has 0 amide bonds. The predicted molar refractivity (Wildman–Crippen MR) is 65.5 cm³/mol. The smallest absolute Gasteiger partial charge is 0.282 e. The van der Waals surface area contributed by atoms with Gasteiger partial charge in [-0.3, -0.25) is 0 Å². The van der Waals surface area contributed by atoms with Gasteiger partial charge in [0.15, 0.2) is 0 Å². The van der Waals surface area contributed by atoms with Crippen LogP contribution in [0, 0.1) is 0 Å². The van der Waals surface area contributed by atoms with E-state index in [0.717, 1.165) is 0 Å². The van der Waals surface area contributed by atoms with Crippen LogP contribution in [0.4, 0.5) is 0 Å². The van der Waals surface area contributed by atoms with E-state index in [1.807, 2.05) is 27.7 Å². The number of hydrogen-bond donors (Lipinski definition) is 1. The van der Waals surface area contributed by atoms with E-state index < -0.39 is 10.2 Å². The maximum absolute atomic E-state index is 12.4. The van der Waals surface area contributed by atoms with Crippen LogP contribution in [-0.2, 0) is 10.2 Å². The van der Waals surface area contributed by atoms with Gasteiger partial charge in [-0.15, -0.1) is 0 Å². The molecule has 1 aliphatic heterocycles. The molecule has 6 heteroatoms. The first-order chi connectivity index (χ1) is 7.19. The zero-order valence-corrected chi connectivity index (χ0v) is 11.6. The highest BCUT2D eigenvalue weighted by molar-refractivity contribution is 7.86. The number of hydrogen-bond acceptors (Lipinski definition) is 3. The van der Waals surface area contributed by atoms with E-state index >= 15 is 0 Å². The molecule has 16 heavy (non-hydrogen) atoms. The van der Waals surface area contributed by atoms with Gasteiger partial charge in [-0.2, -0.15) is 17.0 Å². The summed E-state index contributed by atoms with van der Waals surface area (Å²) in [4.78, 5) is 0. The third-order valence-electron chi connectivity index (χ3n) is 3.09. The van der Waals surface area contributed by atoms with Gasteiger partial charge in [-0.1, -0.05) is 0 Å². The van der Waals surface area contributed by atoms with E-state index in [1.54, 1.807) is 11.4 Å². The average molecular weight is 249 g/mol. The van der Waals surface area contributed by atoms with Crippen LogP contribution in [0.3, 0.4) is 0 Å². The van der Waals surface area contributed by atoms with Crippen LogP contribution in [0.15, 0.2) is 0 Å². The van der Waals surface area contributed by atoms with Crippen LogP contribution >= 0.6 is 0 Å². The zero-order valence-electron chi connectivity index (χ0n) is 10.8. The number of piperazine rings is 1. The molecule has 5 nitrogen and oxygen atoms in total. The molecule has 1 heterocycles. The van der Waals surface area contributed by atoms with Crippen molar-refractivity contribution < 1.29 is 8.42 Å². The summed E-state index contributed by atoms with van der Waals surface area (Å²) in [6, 6.07) is -0.0179. The maximum atomic E-state index is 12.4. The Morgan fingerprint density at radius 1 is 1.38 bits per heavy atom. The highest BCUT2D eigenvalue weighted by Crippen LogP contribution is 2.23. The Bertz CT molecular complexity index is 338. The van der Waals surface area contributed by atoms with Gasteiger partial charge in [0.1, 0.15) is 0 Å². The highest BCUT2D eigenvalue weighted by atomic mass is 32.2. The summed E-state index contributed by atoms with van der Waals surface area (Å²) in [7, 11) is -1.71. The molecule has 0 spiro atoms. The molecule has 0 saturated carbocycles. The van der Waals surface area contributed by atoms with E-state index in [-0.39, 0.29) is 11.6 Å². The Balaban J connectivity index is 2.98. The summed E-state index contributed by atoms with van der Waals surface area (Å²) in [5.74, 6) is 0. The third kappa shape index (κ3) is 2.56. The Kier molecular flexibility index (Phi) is 3.99. The van der Waals surface area contributed by atoms with Gasteiger partial charge >= 0.3 is 0 Å². The molecule has 1 aliphatic rings. The van der Waals surface area contributed by atoms with Gasteiger partial charge in [-0.25, -0.2) is 0 Å². The first-order valence-electron chi connectivity index (χ1n) is 5.66. The van der Waals surface area contributed by atoms with E-state index in [0.29, 0.717) is 19.6 Å². The molecular weight excluding hydrogens is 226 g/mol. The van der Waals surface area contributed by atoms with Crippen molar-refractivity contribution in [3.8, 4) is 0 Å². The van der Waals surface area contributed by atoms with Crippen molar-refractivity contribution >= 4 is 10.2 Å². The minimum atomic E-state index is -3.34. The fourth-order valence-electron chi connectivity index (χ4n) is 1.82. The number of rotatable bonds is 3. The molecule has 1 fully saturated rings. The minimum absolute atomic E-state index is 0.0179. The lowest BCUT2D eigenvalue weighted by Gasteiger charge is -2.43. The first kappa shape index (κ1) is 13.9. The second kappa shape index (κ2) is 4.60. The molecule has 0 aromatic carbocycles. The lowest BCUT2D eigenvalue weighted by molar-refractivity contribution is 0.172. The highest BCUT2D eigenvalue weighted by Gasteiger charge is 2.40. The SMILES string of the molecule is CC(C)N(C)S(=O)(=O)N1CCNCC1(C)C. The number of nitrogens with one attached hydrogen (secondary N) is 1. The van der Waals surface area contributed by atoms with Crippen molar-refractivity contribution in [1.29, 1.82) is 0 Å². The normalized spacial score (nSPS) is 22.9. The first-order valence-corrected chi connectivity index (χ1v) is 7.06. The zero-order chi connectivity index (χ0) is 12.6. The molecule has 1 rings (SSSR count). The maximum Gasteiger partial charge on any atom is 0.282 e. The van der Waals surface area contributed by atoms with Gasteiger partial charge in [0.2, 0.25) is 0 Å². The monoisotopic (exact) mass is 249 g/mol. The van der Waals surface area contributed by atoms with Crippen LogP contribution in [0.2, 0.25) is 0 Å². The van der Waals surface area contributed by atoms with Crippen molar-refractivity contribution in [2.24, 2.45) is 0 Å². The summed E-state index contributed by atoms with van der Waals surface area (Å²) < 4.78 is 27.8. The second-order valence-electron chi connectivity index (χ2n) is 5.18. The van der Waals surface area contributed by atoms with E-state index in [2.05, 4.69) is 5.32 Å². The molecule has 0 aromatic rings. The van der Waals surface area contributed by atoms with Crippen LogP contribution in [0.25, 0.3) is 0 Å². The summed E-state index contributed by atoms with van der Waals surface area (Å²) in [6.45, 7) is 9.61. The molecule has 0 aliphatic carbocycles. The van der Waals surface area contributed by atoms with Crippen molar-refractivity contribution in [2.75, 3.05) is 26.7 Å². The fraction of sp³-hybridized carbons (Fsp3) is 1.00. The van der Waals surface area contributed by atoms with Gasteiger partial charge < -0.3 is 5.32 Å². The van der Waals surface area contributed by atoms with E-state index in [9.17, 15) is 8.42 Å². The fourth-order valence-corrected chi connectivity index (χ4v) is 3.67. The van der Waals surface area contributed by atoms with Gasteiger partial charge in [0.25, 0.3) is 10.2 Å². The topological polar surface area (TPSA) is 52.7 Å². The Labute approximate surface area is 99.0 Å². The average Bonchev–Trinajstić information content (AvgIpc) is 2.15. The summed E-state index contributed by atoms with van der Waals surface area (Å²) in [6.07, 6.45) is 0. The Hall–Kier alpha value is -0.170. The molecule has 0 aromatic heterocycles. The summed E-state index contributed by atoms with van der Waals surface area (Å²) in [5, 5.41) is 3.22. The van der Waals surface area contributed by atoms with Crippen LogP contribution in [-0.4, -0.2) is 55.3 Å². The Morgan fingerprint density at radius 3 is 2.38 bits per heavy atom. The molecule has 0 radical (unpaired) electrons. The van der Waals surface area contributed by atoms with Crippen LogP contribution < -0.4 is 5.32 Å².